The van der Waals surface area contributed by atoms with Gasteiger partial charge < -0.3 is 5.32 Å². The summed E-state index contributed by atoms with van der Waals surface area (Å²) < 4.78 is 41.1. The third-order valence-corrected chi connectivity index (χ3v) is 5.21. The van der Waals surface area contributed by atoms with Gasteiger partial charge in [0.05, 0.1) is 17.1 Å². The molecule has 0 saturated heterocycles. The van der Waals surface area contributed by atoms with Crippen molar-refractivity contribution in [3.63, 3.8) is 0 Å². The molecule has 0 atom stereocenters. The van der Waals surface area contributed by atoms with Crippen molar-refractivity contribution in [3.05, 3.63) is 39.0 Å². The van der Waals surface area contributed by atoms with Crippen LogP contribution in [0.3, 0.4) is 0 Å². The van der Waals surface area contributed by atoms with Gasteiger partial charge in [-0.05, 0) is 54.8 Å². The van der Waals surface area contributed by atoms with E-state index in [4.69, 9.17) is 0 Å². The van der Waals surface area contributed by atoms with E-state index in [9.17, 15) is 12.8 Å². The topological polar surface area (TPSA) is 86.9 Å². The quantitative estimate of drug-likeness (QED) is 0.641. The van der Waals surface area contributed by atoms with E-state index in [1.165, 1.54) is 18.2 Å². The predicted octanol–water partition coefficient (Wildman–Crippen LogP) is 1.98. The van der Waals surface area contributed by atoms with E-state index >= 15 is 0 Å². The number of halogens is 2. The summed E-state index contributed by atoms with van der Waals surface area (Å²) in [6, 6.07) is 3.85. The lowest BCUT2D eigenvalue weighted by Gasteiger charge is -2.10. The minimum atomic E-state index is -3.80. The number of hydrogen-bond acceptors (Lipinski definition) is 4. The third-order valence-electron chi connectivity index (χ3n) is 2.75. The lowest BCUT2D eigenvalue weighted by Crippen LogP contribution is -2.18. The van der Waals surface area contributed by atoms with Crippen LogP contribution in [-0.2, 0) is 16.6 Å². The summed E-state index contributed by atoms with van der Waals surface area (Å²) >= 11 is 1.88. The first-order valence-electron chi connectivity index (χ1n) is 6.01. The van der Waals surface area contributed by atoms with Gasteiger partial charge in [-0.1, -0.05) is 0 Å². The molecule has 3 N–H and O–H groups in total. The maximum atomic E-state index is 13.1. The molecule has 1 heterocycles. The number of sulfonamides is 1. The summed E-state index contributed by atoms with van der Waals surface area (Å²) in [4.78, 5) is 0.108. The number of aromatic nitrogens is 2. The maximum Gasteiger partial charge on any atom is 0.265 e. The van der Waals surface area contributed by atoms with Gasteiger partial charge in [-0.15, -0.1) is 0 Å². The van der Waals surface area contributed by atoms with E-state index in [2.05, 4.69) is 20.2 Å². The van der Waals surface area contributed by atoms with Crippen LogP contribution in [0.1, 0.15) is 11.4 Å². The minimum Gasteiger partial charge on any atom is -0.314 e. The van der Waals surface area contributed by atoms with Crippen molar-refractivity contribution >= 4 is 38.3 Å². The first-order valence-corrected chi connectivity index (χ1v) is 8.57. The van der Waals surface area contributed by atoms with E-state index in [0.29, 0.717) is 27.2 Å². The van der Waals surface area contributed by atoms with E-state index in [1.807, 2.05) is 22.6 Å². The van der Waals surface area contributed by atoms with Crippen molar-refractivity contribution < 1.29 is 12.8 Å². The number of nitrogens with one attached hydrogen (secondary N) is 3. The van der Waals surface area contributed by atoms with Crippen molar-refractivity contribution in [3.8, 4) is 0 Å². The Labute approximate surface area is 135 Å². The van der Waals surface area contributed by atoms with Gasteiger partial charge in [0.15, 0.2) is 0 Å². The Kier molecular flexibility index (Phi) is 4.84. The molecule has 1 aromatic carbocycles. The number of nitrogens with zero attached hydrogens (tertiary/aromatic N) is 1. The maximum absolute atomic E-state index is 13.1. The Morgan fingerprint density at radius 2 is 2.14 bits per heavy atom. The second kappa shape index (κ2) is 6.28. The van der Waals surface area contributed by atoms with Gasteiger partial charge in [0.1, 0.15) is 10.7 Å². The molecule has 0 aliphatic carbocycles. The molecule has 0 saturated carbocycles. The highest BCUT2D eigenvalue weighted by Gasteiger charge is 2.24. The second-order valence-electron chi connectivity index (χ2n) is 4.38. The molecule has 0 spiro atoms. The SMILES string of the molecule is CNCc1n[nH]c(C)c1S(=O)(=O)Nc1ccc(F)cc1I. The molecule has 0 aliphatic rings. The third kappa shape index (κ3) is 3.52. The Balaban J connectivity index is 2.41. The van der Waals surface area contributed by atoms with Crippen LogP contribution >= 0.6 is 22.6 Å². The zero-order valence-corrected chi connectivity index (χ0v) is 14.3. The lowest BCUT2D eigenvalue weighted by molar-refractivity contribution is 0.598. The van der Waals surface area contributed by atoms with Gasteiger partial charge >= 0.3 is 0 Å². The summed E-state index contributed by atoms with van der Waals surface area (Å²) in [5, 5.41) is 9.51. The smallest absolute Gasteiger partial charge is 0.265 e. The van der Waals surface area contributed by atoms with Crippen LogP contribution in [0.5, 0.6) is 0 Å². The normalized spacial score (nSPS) is 11.6. The average molecular weight is 424 g/mol. The molecule has 21 heavy (non-hydrogen) atoms. The first-order chi connectivity index (χ1) is 9.85. The van der Waals surface area contributed by atoms with E-state index in [0.717, 1.165) is 0 Å². The van der Waals surface area contributed by atoms with Gasteiger partial charge in [-0.3, -0.25) is 9.82 Å². The number of benzene rings is 1. The minimum absolute atomic E-state index is 0.108. The zero-order valence-electron chi connectivity index (χ0n) is 11.4. The molecule has 6 nitrogen and oxygen atoms in total. The van der Waals surface area contributed by atoms with Gasteiger partial charge in [0.25, 0.3) is 10.0 Å². The average Bonchev–Trinajstić information content (AvgIpc) is 2.75. The van der Waals surface area contributed by atoms with E-state index in [1.54, 1.807) is 14.0 Å². The predicted molar refractivity (Wildman–Crippen MR) is 86.0 cm³/mol. The van der Waals surface area contributed by atoms with E-state index in [-0.39, 0.29) is 4.90 Å². The van der Waals surface area contributed by atoms with Crippen LogP contribution in [0.25, 0.3) is 0 Å². The number of rotatable bonds is 5. The van der Waals surface area contributed by atoms with Gasteiger partial charge in [-0.2, -0.15) is 5.10 Å². The number of aromatic amines is 1. The second-order valence-corrected chi connectivity index (χ2v) is 7.17. The summed E-state index contributed by atoms with van der Waals surface area (Å²) in [5.74, 6) is -0.419. The molecule has 0 amide bonds. The fourth-order valence-corrected chi connectivity index (χ4v) is 4.12. The number of aryl methyl sites for hydroxylation is 1. The van der Waals surface area contributed by atoms with Crippen LogP contribution in [0.2, 0.25) is 0 Å². The molecule has 0 unspecified atom stereocenters. The first kappa shape index (κ1) is 16.2. The summed E-state index contributed by atoms with van der Waals surface area (Å²) in [5.41, 5.74) is 1.18. The zero-order chi connectivity index (χ0) is 15.6. The lowest BCUT2D eigenvalue weighted by atomic mass is 10.3. The fraction of sp³-hybridized carbons (Fsp3) is 0.250. The van der Waals surface area contributed by atoms with Crippen LogP contribution in [0.15, 0.2) is 23.1 Å². The molecule has 2 rings (SSSR count). The number of hydrogen-bond donors (Lipinski definition) is 3. The van der Waals surface area contributed by atoms with Crippen molar-refractivity contribution in [2.45, 2.75) is 18.4 Å². The van der Waals surface area contributed by atoms with Crippen LogP contribution in [0.4, 0.5) is 10.1 Å². The number of H-pyrrole nitrogens is 1. The molecule has 114 valence electrons. The van der Waals surface area contributed by atoms with Gasteiger partial charge in [0, 0.05) is 10.1 Å². The molecule has 0 bridgehead atoms. The molecular weight excluding hydrogens is 410 g/mol. The van der Waals surface area contributed by atoms with Gasteiger partial charge in [-0.25, -0.2) is 12.8 Å². The summed E-state index contributed by atoms with van der Waals surface area (Å²) in [7, 11) is -2.09. The number of anilines is 1. The molecule has 2 aromatic rings. The van der Waals surface area contributed by atoms with Crippen molar-refractivity contribution in [2.24, 2.45) is 0 Å². The van der Waals surface area contributed by atoms with Crippen LogP contribution in [0, 0.1) is 16.3 Å². The molecule has 0 radical (unpaired) electrons. The largest absolute Gasteiger partial charge is 0.314 e. The Morgan fingerprint density at radius 3 is 2.76 bits per heavy atom. The van der Waals surface area contributed by atoms with E-state index < -0.39 is 15.8 Å². The molecule has 0 aliphatic heterocycles. The highest BCUT2D eigenvalue weighted by molar-refractivity contribution is 14.1. The van der Waals surface area contributed by atoms with Crippen molar-refractivity contribution in [1.82, 2.24) is 15.5 Å². The Bertz CT molecular complexity index is 761. The molecule has 1 aromatic heterocycles. The van der Waals surface area contributed by atoms with Crippen LogP contribution < -0.4 is 10.0 Å². The van der Waals surface area contributed by atoms with Gasteiger partial charge in [0.2, 0.25) is 0 Å². The fourth-order valence-electron chi connectivity index (χ4n) is 1.88. The Hall–Kier alpha value is -1.20. The highest BCUT2D eigenvalue weighted by atomic mass is 127. The summed E-state index contributed by atoms with van der Waals surface area (Å²) in [6.45, 7) is 1.96. The standard InChI is InChI=1S/C12H14FIN4O2S/c1-7-12(11(6-15-2)17-16-7)21(19,20)18-10-4-3-8(13)5-9(10)14/h3-5,15,18H,6H2,1-2H3,(H,16,17). The molecule has 9 heteroatoms. The highest BCUT2D eigenvalue weighted by Crippen LogP contribution is 2.25. The van der Waals surface area contributed by atoms with Crippen LogP contribution in [-0.4, -0.2) is 25.7 Å². The molecule has 0 fully saturated rings. The van der Waals surface area contributed by atoms with Crippen molar-refractivity contribution in [1.29, 1.82) is 0 Å². The van der Waals surface area contributed by atoms with Crippen molar-refractivity contribution in [2.75, 3.05) is 11.8 Å². The molecular formula is C12H14FIN4O2S. The summed E-state index contributed by atoms with van der Waals surface area (Å²) in [6.07, 6.45) is 0. The monoisotopic (exact) mass is 424 g/mol. The Morgan fingerprint density at radius 1 is 1.43 bits per heavy atom.